The molecular formula is C15H20O5. The SMILES string of the molecule is CC1=C[C@@H]2O[C@@H]3C[C@@H](O)[C@](C)([C@@]2(C)[C@@H](O)C1=O)[C@@]31CO1. The molecule has 2 N–H and O–H groups in total. The molecule has 2 saturated heterocycles. The van der Waals surface area contributed by atoms with Crippen molar-refractivity contribution in [3.63, 3.8) is 0 Å². The van der Waals surface area contributed by atoms with E-state index in [1.165, 1.54) is 0 Å². The van der Waals surface area contributed by atoms with Gasteiger partial charge in [-0.15, -0.1) is 0 Å². The van der Waals surface area contributed by atoms with Crippen LogP contribution in [0.3, 0.4) is 0 Å². The molecule has 0 amide bonds. The van der Waals surface area contributed by atoms with Crippen molar-refractivity contribution >= 4 is 5.78 Å². The Morgan fingerprint density at radius 3 is 2.60 bits per heavy atom. The fourth-order valence-electron chi connectivity index (χ4n) is 4.85. The highest BCUT2D eigenvalue weighted by molar-refractivity contribution is 6.00. The lowest BCUT2D eigenvalue weighted by atomic mass is 9.50. The van der Waals surface area contributed by atoms with Crippen molar-refractivity contribution in [3.8, 4) is 0 Å². The van der Waals surface area contributed by atoms with Crippen molar-refractivity contribution in [2.24, 2.45) is 10.8 Å². The van der Waals surface area contributed by atoms with E-state index in [0.29, 0.717) is 18.6 Å². The molecule has 0 aromatic carbocycles. The molecule has 0 radical (unpaired) electrons. The Bertz CT molecular complexity index is 536. The molecule has 0 aromatic rings. The highest BCUT2D eigenvalue weighted by Gasteiger charge is 2.82. The minimum Gasteiger partial charge on any atom is -0.392 e. The molecular weight excluding hydrogens is 260 g/mol. The molecule has 5 heteroatoms. The summed E-state index contributed by atoms with van der Waals surface area (Å²) in [5.41, 5.74) is -1.56. The minimum absolute atomic E-state index is 0.162. The summed E-state index contributed by atoms with van der Waals surface area (Å²) >= 11 is 0. The van der Waals surface area contributed by atoms with Gasteiger partial charge in [-0.25, -0.2) is 0 Å². The van der Waals surface area contributed by atoms with Crippen LogP contribution in [-0.2, 0) is 14.3 Å². The predicted molar refractivity (Wildman–Crippen MR) is 69.0 cm³/mol. The smallest absolute Gasteiger partial charge is 0.187 e. The number of ether oxygens (including phenoxy) is 2. The Hall–Kier alpha value is -0.750. The fraction of sp³-hybridized carbons (Fsp3) is 0.800. The van der Waals surface area contributed by atoms with Crippen molar-refractivity contribution in [2.75, 3.05) is 6.61 Å². The van der Waals surface area contributed by atoms with Gasteiger partial charge in [0.25, 0.3) is 0 Å². The number of fused-ring (bicyclic) bond motifs is 2. The third-order valence-corrected chi connectivity index (χ3v) is 6.59. The largest absolute Gasteiger partial charge is 0.392 e. The maximum Gasteiger partial charge on any atom is 0.187 e. The topological polar surface area (TPSA) is 79.3 Å². The monoisotopic (exact) mass is 280 g/mol. The average molecular weight is 280 g/mol. The molecule has 3 fully saturated rings. The first-order valence-corrected chi connectivity index (χ1v) is 7.17. The lowest BCUT2D eigenvalue weighted by molar-refractivity contribution is -0.233. The highest BCUT2D eigenvalue weighted by Crippen LogP contribution is 2.70. The Labute approximate surface area is 117 Å². The quantitative estimate of drug-likeness (QED) is 0.619. The molecule has 0 aromatic heterocycles. The summed E-state index contributed by atoms with van der Waals surface area (Å²) in [7, 11) is 0. The van der Waals surface area contributed by atoms with Crippen molar-refractivity contribution in [1.82, 2.24) is 0 Å². The predicted octanol–water partition coefficient (Wildman–Crippen LogP) is 0.190. The first-order chi connectivity index (χ1) is 9.29. The van der Waals surface area contributed by atoms with E-state index in [1.807, 2.05) is 13.8 Å². The van der Waals surface area contributed by atoms with Gasteiger partial charge in [-0.3, -0.25) is 4.79 Å². The van der Waals surface area contributed by atoms with E-state index < -0.39 is 28.6 Å². The highest BCUT2D eigenvalue weighted by atomic mass is 16.6. The fourth-order valence-corrected chi connectivity index (χ4v) is 4.85. The van der Waals surface area contributed by atoms with Crippen LogP contribution in [0.5, 0.6) is 0 Å². The molecule has 1 saturated carbocycles. The number of rotatable bonds is 0. The molecule has 2 aliphatic heterocycles. The van der Waals surface area contributed by atoms with Gasteiger partial charge in [-0.2, -0.15) is 0 Å². The number of Topliss-reactive ketones (excluding diaryl/α,β-unsaturated/α-hetero) is 1. The van der Waals surface area contributed by atoms with Crippen LogP contribution in [0.2, 0.25) is 0 Å². The molecule has 0 unspecified atom stereocenters. The molecule has 7 atom stereocenters. The lowest BCUT2D eigenvalue weighted by Gasteiger charge is -2.58. The van der Waals surface area contributed by atoms with E-state index in [1.54, 1.807) is 13.0 Å². The first kappa shape index (κ1) is 13.0. The van der Waals surface area contributed by atoms with Crippen LogP contribution in [0.1, 0.15) is 27.2 Å². The first-order valence-electron chi connectivity index (χ1n) is 7.17. The van der Waals surface area contributed by atoms with Crippen molar-refractivity contribution in [3.05, 3.63) is 11.6 Å². The molecule has 4 aliphatic rings. The van der Waals surface area contributed by atoms with Gasteiger partial charge in [0.2, 0.25) is 0 Å². The van der Waals surface area contributed by atoms with E-state index >= 15 is 0 Å². The standard InChI is InChI=1S/C15H20O5/c1-7-4-9-13(2,12(18)11(7)17)14(3)8(16)5-10(20-9)15(14)6-19-15/h4,8-10,12,16,18H,5-6H2,1-3H3/t8-,9+,10-,12+,13-,14-,15-/m1/s1. The number of hydrogen-bond donors (Lipinski definition) is 2. The third kappa shape index (κ3) is 1.04. The van der Waals surface area contributed by atoms with Gasteiger partial charge in [-0.1, -0.05) is 13.8 Å². The van der Waals surface area contributed by atoms with Crippen LogP contribution in [-0.4, -0.2) is 52.6 Å². The molecule has 2 bridgehead atoms. The lowest BCUT2D eigenvalue weighted by Crippen LogP contribution is -2.69. The van der Waals surface area contributed by atoms with Crippen molar-refractivity contribution in [2.45, 2.75) is 57.2 Å². The maximum atomic E-state index is 12.2. The molecule has 5 nitrogen and oxygen atoms in total. The van der Waals surface area contributed by atoms with Crippen LogP contribution >= 0.6 is 0 Å². The Balaban J connectivity index is 1.94. The Morgan fingerprint density at radius 2 is 2.00 bits per heavy atom. The third-order valence-electron chi connectivity index (χ3n) is 6.59. The van der Waals surface area contributed by atoms with E-state index in [2.05, 4.69) is 0 Å². The van der Waals surface area contributed by atoms with Gasteiger partial charge in [0.1, 0.15) is 11.7 Å². The number of carbonyl (C=O) groups is 1. The Kier molecular flexibility index (Phi) is 2.17. The van der Waals surface area contributed by atoms with E-state index in [4.69, 9.17) is 9.47 Å². The zero-order chi connectivity index (χ0) is 14.5. The summed E-state index contributed by atoms with van der Waals surface area (Å²) in [6, 6.07) is 0. The number of epoxide rings is 1. The van der Waals surface area contributed by atoms with Crippen LogP contribution in [0.4, 0.5) is 0 Å². The van der Waals surface area contributed by atoms with Crippen LogP contribution in [0, 0.1) is 10.8 Å². The zero-order valence-electron chi connectivity index (χ0n) is 11.9. The second-order valence-electron chi connectivity index (χ2n) is 7.08. The maximum absolute atomic E-state index is 12.2. The van der Waals surface area contributed by atoms with E-state index in [-0.39, 0.29) is 18.0 Å². The second-order valence-corrected chi connectivity index (χ2v) is 7.08. The van der Waals surface area contributed by atoms with Gasteiger partial charge in [0.05, 0.1) is 24.9 Å². The molecule has 2 heterocycles. The van der Waals surface area contributed by atoms with Gasteiger partial charge in [-0.05, 0) is 18.6 Å². The summed E-state index contributed by atoms with van der Waals surface area (Å²) in [5, 5.41) is 21.2. The van der Waals surface area contributed by atoms with Gasteiger partial charge < -0.3 is 19.7 Å². The summed E-state index contributed by atoms with van der Waals surface area (Å²) in [6.07, 6.45) is -0.0389. The number of aliphatic hydroxyl groups excluding tert-OH is 2. The van der Waals surface area contributed by atoms with Gasteiger partial charge in [0, 0.05) is 17.3 Å². The van der Waals surface area contributed by atoms with Crippen LogP contribution < -0.4 is 0 Å². The number of hydrogen-bond acceptors (Lipinski definition) is 5. The van der Waals surface area contributed by atoms with Crippen molar-refractivity contribution < 1.29 is 24.5 Å². The summed E-state index contributed by atoms with van der Waals surface area (Å²) in [6.45, 7) is 6.01. The van der Waals surface area contributed by atoms with E-state index in [9.17, 15) is 15.0 Å². The van der Waals surface area contributed by atoms with Gasteiger partial charge >= 0.3 is 0 Å². The Morgan fingerprint density at radius 1 is 1.35 bits per heavy atom. The summed E-state index contributed by atoms with van der Waals surface area (Å²) in [5.74, 6) is -0.276. The molecule has 1 spiro atoms. The number of ketones is 1. The van der Waals surface area contributed by atoms with E-state index in [0.717, 1.165) is 0 Å². The normalized spacial score (nSPS) is 60.5. The average Bonchev–Trinajstić information content (AvgIpc) is 3.17. The van der Waals surface area contributed by atoms with Gasteiger partial charge in [0.15, 0.2) is 5.78 Å². The summed E-state index contributed by atoms with van der Waals surface area (Å²) in [4.78, 5) is 12.2. The van der Waals surface area contributed by atoms with Crippen molar-refractivity contribution in [1.29, 1.82) is 0 Å². The zero-order valence-corrected chi connectivity index (χ0v) is 11.9. The van der Waals surface area contributed by atoms with Crippen LogP contribution in [0.15, 0.2) is 11.6 Å². The molecule has 20 heavy (non-hydrogen) atoms. The number of carbonyl (C=O) groups excluding carboxylic acids is 1. The second kappa shape index (κ2) is 3.35. The molecule has 110 valence electrons. The van der Waals surface area contributed by atoms with Crippen LogP contribution in [0.25, 0.3) is 0 Å². The molecule has 2 aliphatic carbocycles. The molecule has 4 rings (SSSR count). The summed E-state index contributed by atoms with van der Waals surface area (Å²) < 4.78 is 11.8. The number of aliphatic hydroxyl groups is 2. The minimum atomic E-state index is -1.17.